The van der Waals surface area contributed by atoms with Crippen molar-refractivity contribution in [3.8, 4) is 0 Å². The summed E-state index contributed by atoms with van der Waals surface area (Å²) in [5.74, 6) is 0.156. The SMILES string of the molecule is Nc1ccccc1CCC(=O)N1CCN(C(=O)Cc2ccccc2Cl)CC1. The predicted octanol–water partition coefficient (Wildman–Crippen LogP) is 2.77. The van der Waals surface area contributed by atoms with Crippen molar-refractivity contribution in [2.75, 3.05) is 31.9 Å². The Bertz CT molecular complexity index is 817. The number of hydrogen-bond acceptors (Lipinski definition) is 3. The molecule has 1 aliphatic heterocycles. The molecule has 1 fully saturated rings. The van der Waals surface area contributed by atoms with Crippen molar-refractivity contribution in [3.05, 3.63) is 64.7 Å². The van der Waals surface area contributed by atoms with Crippen molar-refractivity contribution < 1.29 is 9.59 Å². The number of para-hydroxylation sites is 1. The van der Waals surface area contributed by atoms with Crippen molar-refractivity contribution >= 4 is 29.1 Å². The second kappa shape index (κ2) is 8.91. The Hall–Kier alpha value is -2.53. The lowest BCUT2D eigenvalue weighted by molar-refractivity contribution is -0.139. The molecule has 6 heteroatoms. The van der Waals surface area contributed by atoms with E-state index in [1.165, 1.54) is 0 Å². The summed E-state index contributed by atoms with van der Waals surface area (Å²) in [7, 11) is 0. The van der Waals surface area contributed by atoms with Crippen molar-refractivity contribution in [2.24, 2.45) is 0 Å². The van der Waals surface area contributed by atoms with E-state index in [0.717, 1.165) is 16.8 Å². The van der Waals surface area contributed by atoms with Crippen LogP contribution in [0.1, 0.15) is 17.5 Å². The maximum atomic E-state index is 12.5. The Labute approximate surface area is 164 Å². The van der Waals surface area contributed by atoms with Crippen LogP contribution in [0.4, 0.5) is 5.69 Å². The van der Waals surface area contributed by atoms with Crippen LogP contribution in [0.25, 0.3) is 0 Å². The van der Waals surface area contributed by atoms with Crippen LogP contribution in [0.15, 0.2) is 48.5 Å². The van der Waals surface area contributed by atoms with Crippen LogP contribution in [-0.2, 0) is 22.4 Å². The second-order valence-corrected chi connectivity index (χ2v) is 7.14. The Kier molecular flexibility index (Phi) is 6.35. The third-order valence-electron chi connectivity index (χ3n) is 4.95. The molecule has 1 aliphatic rings. The van der Waals surface area contributed by atoms with Gasteiger partial charge in [-0.05, 0) is 29.7 Å². The zero-order chi connectivity index (χ0) is 19.2. The van der Waals surface area contributed by atoms with Crippen LogP contribution in [0.3, 0.4) is 0 Å². The highest BCUT2D eigenvalue weighted by atomic mass is 35.5. The molecule has 1 heterocycles. The van der Waals surface area contributed by atoms with Crippen molar-refractivity contribution in [2.45, 2.75) is 19.3 Å². The highest BCUT2D eigenvalue weighted by Gasteiger charge is 2.24. The summed E-state index contributed by atoms with van der Waals surface area (Å²) in [5.41, 5.74) is 8.49. The average Bonchev–Trinajstić information content (AvgIpc) is 2.69. The van der Waals surface area contributed by atoms with Gasteiger partial charge in [-0.2, -0.15) is 0 Å². The molecule has 1 saturated heterocycles. The van der Waals surface area contributed by atoms with E-state index < -0.39 is 0 Å². The number of nitrogen functional groups attached to an aromatic ring is 1. The molecular weight excluding hydrogens is 362 g/mol. The highest BCUT2D eigenvalue weighted by molar-refractivity contribution is 6.31. The number of carbonyl (C=O) groups is 2. The molecule has 2 aromatic carbocycles. The maximum absolute atomic E-state index is 12.5. The first kappa shape index (κ1) is 19.2. The first-order chi connectivity index (χ1) is 13.0. The minimum absolute atomic E-state index is 0.0484. The lowest BCUT2D eigenvalue weighted by Crippen LogP contribution is -2.51. The van der Waals surface area contributed by atoms with Crippen LogP contribution >= 0.6 is 11.6 Å². The molecule has 5 nitrogen and oxygen atoms in total. The second-order valence-electron chi connectivity index (χ2n) is 6.73. The summed E-state index contributed by atoms with van der Waals surface area (Å²) >= 11 is 6.14. The number of nitrogens with zero attached hydrogens (tertiary/aromatic N) is 2. The fourth-order valence-electron chi connectivity index (χ4n) is 3.28. The van der Waals surface area contributed by atoms with E-state index in [4.69, 9.17) is 17.3 Å². The van der Waals surface area contributed by atoms with Crippen LogP contribution in [0, 0.1) is 0 Å². The molecule has 3 rings (SSSR count). The summed E-state index contributed by atoms with van der Waals surface area (Å²) in [6.07, 6.45) is 1.36. The van der Waals surface area contributed by atoms with Crippen LogP contribution in [0.5, 0.6) is 0 Å². The predicted molar refractivity (Wildman–Crippen MR) is 107 cm³/mol. The van der Waals surface area contributed by atoms with Gasteiger partial charge in [-0.1, -0.05) is 48.0 Å². The number of benzene rings is 2. The van der Waals surface area contributed by atoms with Crippen molar-refractivity contribution in [3.63, 3.8) is 0 Å². The van der Waals surface area contributed by atoms with Gasteiger partial charge in [0.1, 0.15) is 0 Å². The quantitative estimate of drug-likeness (QED) is 0.805. The standard InChI is InChI=1S/C21H24ClN3O2/c22-18-7-3-1-6-17(18)15-21(27)25-13-11-24(12-14-25)20(26)10-9-16-5-2-4-8-19(16)23/h1-8H,9-15,23H2. The Morgan fingerprint density at radius 1 is 0.852 bits per heavy atom. The summed E-state index contributed by atoms with van der Waals surface area (Å²) in [6, 6.07) is 15.0. The molecule has 0 spiro atoms. The van der Waals surface area contributed by atoms with E-state index in [1.807, 2.05) is 52.3 Å². The average molecular weight is 386 g/mol. The molecule has 0 aliphatic carbocycles. The minimum atomic E-state index is 0.0484. The van der Waals surface area contributed by atoms with E-state index in [2.05, 4.69) is 0 Å². The first-order valence-corrected chi connectivity index (χ1v) is 9.54. The van der Waals surface area contributed by atoms with Gasteiger partial charge in [0.15, 0.2) is 0 Å². The maximum Gasteiger partial charge on any atom is 0.227 e. The number of rotatable bonds is 5. The molecule has 142 valence electrons. The fourth-order valence-corrected chi connectivity index (χ4v) is 3.49. The number of halogens is 1. The summed E-state index contributed by atoms with van der Waals surface area (Å²) in [4.78, 5) is 28.6. The molecule has 0 saturated carbocycles. The van der Waals surface area contributed by atoms with E-state index >= 15 is 0 Å². The number of aryl methyl sites for hydroxylation is 1. The van der Waals surface area contributed by atoms with Gasteiger partial charge in [0.2, 0.25) is 11.8 Å². The van der Waals surface area contributed by atoms with Crippen molar-refractivity contribution in [1.29, 1.82) is 0 Å². The monoisotopic (exact) mass is 385 g/mol. The summed E-state index contributed by atoms with van der Waals surface area (Å²) in [5, 5.41) is 0.611. The van der Waals surface area contributed by atoms with Crippen LogP contribution in [-0.4, -0.2) is 47.8 Å². The van der Waals surface area contributed by atoms with E-state index in [0.29, 0.717) is 50.5 Å². The van der Waals surface area contributed by atoms with Gasteiger partial charge in [-0.25, -0.2) is 0 Å². The molecule has 0 unspecified atom stereocenters. The smallest absolute Gasteiger partial charge is 0.227 e. The Balaban J connectivity index is 1.47. The Morgan fingerprint density at radius 3 is 2.04 bits per heavy atom. The number of amides is 2. The van der Waals surface area contributed by atoms with Gasteiger partial charge < -0.3 is 15.5 Å². The lowest BCUT2D eigenvalue weighted by Gasteiger charge is -2.35. The third-order valence-corrected chi connectivity index (χ3v) is 5.32. The molecule has 0 atom stereocenters. The third kappa shape index (κ3) is 5.01. The number of carbonyl (C=O) groups excluding carboxylic acids is 2. The molecule has 2 aromatic rings. The minimum Gasteiger partial charge on any atom is -0.399 e. The fraction of sp³-hybridized carbons (Fsp3) is 0.333. The van der Waals surface area contributed by atoms with E-state index in [1.54, 1.807) is 6.07 Å². The zero-order valence-corrected chi connectivity index (χ0v) is 16.0. The number of nitrogens with two attached hydrogens (primary N) is 1. The number of piperazine rings is 1. The van der Waals surface area contributed by atoms with Gasteiger partial charge in [0.05, 0.1) is 6.42 Å². The number of anilines is 1. The molecular formula is C21H24ClN3O2. The number of hydrogen-bond donors (Lipinski definition) is 1. The van der Waals surface area contributed by atoms with Crippen LogP contribution in [0.2, 0.25) is 5.02 Å². The molecule has 0 aromatic heterocycles. The normalized spacial score (nSPS) is 14.3. The van der Waals surface area contributed by atoms with Gasteiger partial charge >= 0.3 is 0 Å². The molecule has 0 bridgehead atoms. The van der Waals surface area contributed by atoms with Gasteiger partial charge in [0.25, 0.3) is 0 Å². The first-order valence-electron chi connectivity index (χ1n) is 9.17. The topological polar surface area (TPSA) is 66.6 Å². The van der Waals surface area contributed by atoms with E-state index in [9.17, 15) is 9.59 Å². The van der Waals surface area contributed by atoms with Gasteiger partial charge in [-0.3, -0.25) is 9.59 Å². The molecule has 2 amide bonds. The molecule has 27 heavy (non-hydrogen) atoms. The zero-order valence-electron chi connectivity index (χ0n) is 15.2. The van der Waals surface area contributed by atoms with Gasteiger partial charge in [-0.15, -0.1) is 0 Å². The Morgan fingerprint density at radius 2 is 1.41 bits per heavy atom. The van der Waals surface area contributed by atoms with Crippen LogP contribution < -0.4 is 5.73 Å². The highest BCUT2D eigenvalue weighted by Crippen LogP contribution is 2.17. The van der Waals surface area contributed by atoms with Crippen molar-refractivity contribution in [1.82, 2.24) is 9.80 Å². The summed E-state index contributed by atoms with van der Waals surface area (Å²) in [6.45, 7) is 2.25. The lowest BCUT2D eigenvalue weighted by atomic mass is 10.1. The van der Waals surface area contributed by atoms with E-state index in [-0.39, 0.29) is 11.8 Å². The summed E-state index contributed by atoms with van der Waals surface area (Å²) < 4.78 is 0. The molecule has 0 radical (unpaired) electrons. The van der Waals surface area contributed by atoms with Gasteiger partial charge in [0, 0.05) is 43.3 Å². The molecule has 2 N–H and O–H groups in total. The largest absolute Gasteiger partial charge is 0.399 e.